The number of rotatable bonds is 5. The first kappa shape index (κ1) is 12.4. The van der Waals surface area contributed by atoms with Crippen molar-refractivity contribution >= 4 is 5.69 Å². The molecule has 0 radical (unpaired) electrons. The molecule has 0 unspecified atom stereocenters. The minimum absolute atomic E-state index is 0.156. The molecule has 1 aromatic heterocycles. The van der Waals surface area contributed by atoms with E-state index in [9.17, 15) is 8.78 Å². The maximum absolute atomic E-state index is 12.2. The molecule has 0 fully saturated rings. The van der Waals surface area contributed by atoms with Crippen LogP contribution >= 0.6 is 0 Å². The first-order valence-corrected chi connectivity index (χ1v) is 5.54. The maximum atomic E-state index is 12.2. The van der Waals surface area contributed by atoms with Crippen molar-refractivity contribution in [3.05, 3.63) is 48.3 Å². The summed E-state index contributed by atoms with van der Waals surface area (Å²) < 4.78 is 30.8. The van der Waals surface area contributed by atoms with E-state index in [0.29, 0.717) is 12.2 Å². The summed E-state index contributed by atoms with van der Waals surface area (Å²) in [6.45, 7) is -2.26. The number of ether oxygens (including phenoxy) is 1. The lowest BCUT2D eigenvalue weighted by atomic mass is 10.2. The molecule has 2 aromatic rings. The molecule has 0 aliphatic rings. The van der Waals surface area contributed by atoms with E-state index < -0.39 is 6.61 Å². The largest absolute Gasteiger partial charge is 0.433 e. The van der Waals surface area contributed by atoms with Crippen LogP contribution in [0.5, 0.6) is 5.75 Å². The Morgan fingerprint density at radius 1 is 1.28 bits per heavy atom. The van der Waals surface area contributed by atoms with Crippen molar-refractivity contribution in [3.63, 3.8) is 0 Å². The Morgan fingerprint density at radius 2 is 2.06 bits per heavy atom. The van der Waals surface area contributed by atoms with Crippen molar-refractivity contribution in [2.24, 2.45) is 7.05 Å². The van der Waals surface area contributed by atoms with Crippen LogP contribution < -0.4 is 10.1 Å². The molecule has 0 amide bonds. The average Bonchev–Trinajstić information content (AvgIpc) is 2.73. The minimum atomic E-state index is -2.82. The van der Waals surface area contributed by atoms with Gasteiger partial charge < -0.3 is 14.6 Å². The lowest BCUT2D eigenvalue weighted by molar-refractivity contribution is -0.0493. The van der Waals surface area contributed by atoms with Gasteiger partial charge in [0.1, 0.15) is 5.75 Å². The van der Waals surface area contributed by atoms with Crippen LogP contribution in [0.25, 0.3) is 0 Å². The number of anilines is 1. The molecule has 0 atom stereocenters. The molecule has 5 heteroatoms. The van der Waals surface area contributed by atoms with Gasteiger partial charge in [-0.15, -0.1) is 0 Å². The number of aryl methyl sites for hydroxylation is 1. The zero-order valence-electron chi connectivity index (χ0n) is 9.94. The van der Waals surface area contributed by atoms with Gasteiger partial charge in [0, 0.05) is 26.0 Å². The molecule has 1 heterocycles. The number of aromatic nitrogens is 1. The molecule has 0 saturated heterocycles. The van der Waals surface area contributed by atoms with E-state index in [0.717, 1.165) is 5.56 Å². The highest BCUT2D eigenvalue weighted by Gasteiger charge is 2.08. The SMILES string of the molecule is Cn1ccc(CNc2ccccc2OC(F)F)c1. The normalized spacial score (nSPS) is 10.7. The van der Waals surface area contributed by atoms with Crippen LogP contribution in [0.1, 0.15) is 5.56 Å². The fourth-order valence-corrected chi connectivity index (χ4v) is 1.67. The third-order valence-electron chi connectivity index (χ3n) is 2.48. The van der Waals surface area contributed by atoms with E-state index in [4.69, 9.17) is 0 Å². The number of benzene rings is 1. The fraction of sp³-hybridized carbons (Fsp3) is 0.231. The summed E-state index contributed by atoms with van der Waals surface area (Å²) in [7, 11) is 1.93. The van der Waals surface area contributed by atoms with Gasteiger partial charge in [0.05, 0.1) is 5.69 Å². The van der Waals surface area contributed by atoms with Crippen molar-refractivity contribution < 1.29 is 13.5 Å². The highest BCUT2D eigenvalue weighted by atomic mass is 19.3. The Bertz CT molecular complexity index is 511. The van der Waals surface area contributed by atoms with E-state index in [1.807, 2.05) is 30.1 Å². The maximum Gasteiger partial charge on any atom is 0.387 e. The summed E-state index contributed by atoms with van der Waals surface area (Å²) in [4.78, 5) is 0. The lowest BCUT2D eigenvalue weighted by Gasteiger charge is -2.11. The highest BCUT2D eigenvalue weighted by molar-refractivity contribution is 5.56. The summed E-state index contributed by atoms with van der Waals surface area (Å²) in [6.07, 6.45) is 3.89. The van der Waals surface area contributed by atoms with Crippen LogP contribution in [-0.2, 0) is 13.6 Å². The smallest absolute Gasteiger partial charge is 0.387 e. The van der Waals surface area contributed by atoms with Gasteiger partial charge in [-0.2, -0.15) is 8.78 Å². The van der Waals surface area contributed by atoms with Crippen molar-refractivity contribution in [1.29, 1.82) is 0 Å². The molecule has 1 aromatic carbocycles. The number of halogens is 2. The lowest BCUT2D eigenvalue weighted by Crippen LogP contribution is -2.06. The summed E-state index contributed by atoms with van der Waals surface area (Å²) in [5.74, 6) is 0.156. The molecule has 2 rings (SSSR count). The van der Waals surface area contributed by atoms with Gasteiger partial charge in [0.2, 0.25) is 0 Å². The Kier molecular flexibility index (Phi) is 3.82. The van der Waals surface area contributed by atoms with Crippen molar-refractivity contribution in [1.82, 2.24) is 4.57 Å². The number of alkyl halides is 2. The second-order valence-electron chi connectivity index (χ2n) is 3.91. The molecule has 18 heavy (non-hydrogen) atoms. The second kappa shape index (κ2) is 5.53. The molecule has 0 saturated carbocycles. The standard InChI is InChI=1S/C13H14F2N2O/c1-17-7-6-10(9-17)8-16-11-4-2-3-5-12(11)18-13(14)15/h2-7,9,13,16H,8H2,1H3. The van der Waals surface area contributed by atoms with Crippen LogP contribution in [0, 0.1) is 0 Å². The first-order valence-electron chi connectivity index (χ1n) is 5.54. The number of nitrogens with zero attached hydrogens (tertiary/aromatic N) is 1. The monoisotopic (exact) mass is 252 g/mol. The predicted molar refractivity (Wildman–Crippen MR) is 65.8 cm³/mol. The third kappa shape index (κ3) is 3.23. The zero-order chi connectivity index (χ0) is 13.0. The number of hydrogen-bond acceptors (Lipinski definition) is 2. The summed E-state index contributed by atoms with van der Waals surface area (Å²) in [6, 6.07) is 8.61. The van der Waals surface area contributed by atoms with Gasteiger partial charge in [-0.05, 0) is 23.8 Å². The van der Waals surface area contributed by atoms with Gasteiger partial charge in [-0.1, -0.05) is 12.1 Å². The molecule has 96 valence electrons. The van der Waals surface area contributed by atoms with Gasteiger partial charge >= 0.3 is 6.61 Å². The summed E-state index contributed by atoms with van der Waals surface area (Å²) in [5, 5.41) is 3.08. The topological polar surface area (TPSA) is 26.2 Å². The molecule has 1 N–H and O–H groups in total. The van der Waals surface area contributed by atoms with Crippen LogP contribution in [0.2, 0.25) is 0 Å². The number of para-hydroxylation sites is 2. The van der Waals surface area contributed by atoms with E-state index >= 15 is 0 Å². The number of nitrogens with one attached hydrogen (secondary N) is 1. The molecule has 3 nitrogen and oxygen atoms in total. The van der Waals surface area contributed by atoms with Crippen LogP contribution in [0.4, 0.5) is 14.5 Å². The highest BCUT2D eigenvalue weighted by Crippen LogP contribution is 2.25. The molecule has 0 aliphatic carbocycles. The quantitative estimate of drug-likeness (QED) is 0.884. The first-order chi connectivity index (χ1) is 8.65. The molecular weight excluding hydrogens is 238 g/mol. The van der Waals surface area contributed by atoms with E-state index in [2.05, 4.69) is 10.1 Å². The zero-order valence-corrected chi connectivity index (χ0v) is 9.94. The van der Waals surface area contributed by atoms with E-state index in [1.165, 1.54) is 6.07 Å². The van der Waals surface area contributed by atoms with Gasteiger partial charge in [-0.3, -0.25) is 0 Å². The summed E-state index contributed by atoms with van der Waals surface area (Å²) in [5.41, 5.74) is 1.63. The Morgan fingerprint density at radius 3 is 2.72 bits per heavy atom. The average molecular weight is 252 g/mol. The van der Waals surface area contributed by atoms with Gasteiger partial charge in [0.15, 0.2) is 0 Å². The van der Waals surface area contributed by atoms with Crippen LogP contribution in [-0.4, -0.2) is 11.2 Å². The minimum Gasteiger partial charge on any atom is -0.433 e. The van der Waals surface area contributed by atoms with Crippen molar-refractivity contribution in [2.45, 2.75) is 13.2 Å². The van der Waals surface area contributed by atoms with Crippen LogP contribution in [0.3, 0.4) is 0 Å². The third-order valence-corrected chi connectivity index (χ3v) is 2.48. The Labute approximate surface area is 104 Å². The fourth-order valence-electron chi connectivity index (χ4n) is 1.67. The summed E-state index contributed by atoms with van der Waals surface area (Å²) >= 11 is 0. The molecule has 0 spiro atoms. The van der Waals surface area contributed by atoms with E-state index in [-0.39, 0.29) is 5.75 Å². The Balaban J connectivity index is 2.04. The number of hydrogen-bond donors (Lipinski definition) is 1. The van der Waals surface area contributed by atoms with Gasteiger partial charge in [0.25, 0.3) is 0 Å². The molecule has 0 aliphatic heterocycles. The van der Waals surface area contributed by atoms with Crippen LogP contribution in [0.15, 0.2) is 42.7 Å². The Hall–Kier alpha value is -2.04. The van der Waals surface area contributed by atoms with E-state index in [1.54, 1.807) is 18.2 Å². The van der Waals surface area contributed by atoms with Gasteiger partial charge in [-0.25, -0.2) is 0 Å². The second-order valence-corrected chi connectivity index (χ2v) is 3.91. The molecule has 0 bridgehead atoms. The van der Waals surface area contributed by atoms with Crippen molar-refractivity contribution in [2.75, 3.05) is 5.32 Å². The predicted octanol–water partition coefficient (Wildman–Crippen LogP) is 3.24. The molecular formula is C13H14F2N2O. The van der Waals surface area contributed by atoms with Crippen molar-refractivity contribution in [3.8, 4) is 5.75 Å².